The summed E-state index contributed by atoms with van der Waals surface area (Å²) in [6.07, 6.45) is 3.20. The lowest BCUT2D eigenvalue weighted by Gasteiger charge is -2.45. The summed E-state index contributed by atoms with van der Waals surface area (Å²) in [4.78, 5) is 2.14. The van der Waals surface area contributed by atoms with Gasteiger partial charge in [0.1, 0.15) is 5.82 Å². The van der Waals surface area contributed by atoms with Crippen molar-refractivity contribution in [1.82, 2.24) is 4.90 Å². The highest BCUT2D eigenvalue weighted by atomic mass is 19.1. The zero-order valence-electron chi connectivity index (χ0n) is 13.5. The van der Waals surface area contributed by atoms with Crippen molar-refractivity contribution in [2.45, 2.75) is 51.6 Å². The SMILES string of the molecule is CCCCC(N(C)C)C(N)(c1ccccc1F)C(C)C. The predicted octanol–water partition coefficient (Wildman–Crippen LogP) is 3.76. The number of nitrogens with zero attached hydrogens (tertiary/aromatic N) is 1. The summed E-state index contributed by atoms with van der Waals surface area (Å²) in [5.74, 6) is -0.0456. The molecule has 2 unspecified atom stereocenters. The number of benzene rings is 1. The van der Waals surface area contributed by atoms with Crippen LogP contribution in [0, 0.1) is 11.7 Å². The maximum atomic E-state index is 14.3. The second-order valence-electron chi connectivity index (χ2n) is 6.19. The van der Waals surface area contributed by atoms with Gasteiger partial charge >= 0.3 is 0 Å². The average Bonchev–Trinajstić information content (AvgIpc) is 2.38. The second kappa shape index (κ2) is 7.19. The summed E-state index contributed by atoms with van der Waals surface area (Å²) < 4.78 is 14.3. The van der Waals surface area contributed by atoms with Gasteiger partial charge in [-0.3, -0.25) is 0 Å². The highest BCUT2D eigenvalue weighted by Gasteiger charge is 2.42. The van der Waals surface area contributed by atoms with Gasteiger partial charge in [-0.15, -0.1) is 0 Å². The normalized spacial score (nSPS) is 16.4. The molecule has 2 nitrogen and oxygen atoms in total. The van der Waals surface area contributed by atoms with Crippen LogP contribution in [0.15, 0.2) is 24.3 Å². The molecule has 0 saturated heterocycles. The molecule has 20 heavy (non-hydrogen) atoms. The first kappa shape index (κ1) is 17.1. The van der Waals surface area contributed by atoms with Crippen LogP contribution >= 0.6 is 0 Å². The molecule has 2 N–H and O–H groups in total. The standard InChI is InChI=1S/C17H29FN2/c1-6-7-12-16(20(4)5)17(19,13(2)3)14-10-8-9-11-15(14)18/h8-11,13,16H,6-7,12,19H2,1-5H3. The first-order valence-electron chi connectivity index (χ1n) is 7.56. The number of hydrogen-bond donors (Lipinski definition) is 1. The molecule has 0 amide bonds. The number of hydrogen-bond acceptors (Lipinski definition) is 2. The first-order valence-corrected chi connectivity index (χ1v) is 7.56. The van der Waals surface area contributed by atoms with Crippen LogP contribution in [0.1, 0.15) is 45.6 Å². The van der Waals surface area contributed by atoms with E-state index in [2.05, 4.69) is 25.7 Å². The third kappa shape index (κ3) is 3.39. The largest absolute Gasteiger partial charge is 0.320 e. The van der Waals surface area contributed by atoms with Gasteiger partial charge in [0, 0.05) is 11.6 Å². The Labute approximate surface area is 123 Å². The molecule has 0 radical (unpaired) electrons. The van der Waals surface area contributed by atoms with Gasteiger partial charge in [-0.1, -0.05) is 51.8 Å². The van der Waals surface area contributed by atoms with Gasteiger partial charge in [0.25, 0.3) is 0 Å². The van der Waals surface area contributed by atoms with Gasteiger partial charge in [-0.2, -0.15) is 0 Å². The van der Waals surface area contributed by atoms with Gasteiger partial charge < -0.3 is 10.6 Å². The number of nitrogens with two attached hydrogens (primary N) is 1. The van der Waals surface area contributed by atoms with Crippen molar-refractivity contribution in [3.05, 3.63) is 35.6 Å². The minimum absolute atomic E-state index is 0.124. The summed E-state index contributed by atoms with van der Waals surface area (Å²) >= 11 is 0. The van der Waals surface area contributed by atoms with Crippen LogP contribution in [0.2, 0.25) is 0 Å². The molecule has 0 aliphatic rings. The highest BCUT2D eigenvalue weighted by molar-refractivity contribution is 5.29. The quantitative estimate of drug-likeness (QED) is 0.824. The maximum absolute atomic E-state index is 14.3. The predicted molar refractivity (Wildman–Crippen MR) is 84.1 cm³/mol. The lowest BCUT2D eigenvalue weighted by atomic mass is 9.72. The summed E-state index contributed by atoms with van der Waals surface area (Å²) in [6.45, 7) is 6.33. The van der Waals surface area contributed by atoms with E-state index in [0.717, 1.165) is 19.3 Å². The Kier molecular flexibility index (Phi) is 6.15. The lowest BCUT2D eigenvalue weighted by molar-refractivity contribution is 0.118. The number of halogens is 1. The van der Waals surface area contributed by atoms with E-state index in [4.69, 9.17) is 5.73 Å². The van der Waals surface area contributed by atoms with Gasteiger partial charge in [-0.25, -0.2) is 4.39 Å². The molecule has 0 aliphatic heterocycles. The van der Waals surface area contributed by atoms with E-state index < -0.39 is 5.54 Å². The molecular formula is C17H29FN2. The number of unbranched alkanes of at least 4 members (excludes halogenated alkanes) is 1. The van der Waals surface area contributed by atoms with Gasteiger partial charge in [0.15, 0.2) is 0 Å². The summed E-state index contributed by atoms with van der Waals surface area (Å²) in [7, 11) is 4.07. The van der Waals surface area contributed by atoms with Gasteiger partial charge in [-0.05, 0) is 32.5 Å². The Morgan fingerprint density at radius 3 is 2.30 bits per heavy atom. The molecule has 0 bridgehead atoms. The van der Waals surface area contributed by atoms with Crippen LogP contribution in [-0.2, 0) is 5.54 Å². The van der Waals surface area contributed by atoms with Crippen molar-refractivity contribution in [2.75, 3.05) is 14.1 Å². The third-order valence-electron chi connectivity index (χ3n) is 4.30. The van der Waals surface area contributed by atoms with Gasteiger partial charge in [0.2, 0.25) is 0 Å². The molecule has 1 aromatic rings. The Morgan fingerprint density at radius 1 is 1.25 bits per heavy atom. The molecule has 1 rings (SSSR count). The minimum atomic E-state index is -0.677. The van der Waals surface area contributed by atoms with E-state index in [0.29, 0.717) is 5.56 Å². The second-order valence-corrected chi connectivity index (χ2v) is 6.19. The van der Waals surface area contributed by atoms with Crippen molar-refractivity contribution < 1.29 is 4.39 Å². The molecule has 0 fully saturated rings. The minimum Gasteiger partial charge on any atom is -0.320 e. The fourth-order valence-corrected chi connectivity index (χ4v) is 3.01. The molecule has 2 atom stereocenters. The highest BCUT2D eigenvalue weighted by Crippen LogP contribution is 2.36. The van der Waals surface area contributed by atoms with Crippen LogP contribution in [0.25, 0.3) is 0 Å². The molecule has 1 aromatic carbocycles. The summed E-state index contributed by atoms with van der Waals surface area (Å²) in [5.41, 5.74) is 6.72. The molecule has 0 aliphatic carbocycles. The molecule has 114 valence electrons. The van der Waals surface area contributed by atoms with Crippen LogP contribution in [0.5, 0.6) is 0 Å². The Hall–Kier alpha value is -0.930. The number of likely N-dealkylation sites (N-methyl/N-ethyl adjacent to an activating group) is 1. The zero-order chi connectivity index (χ0) is 15.3. The summed E-state index contributed by atoms with van der Waals surface area (Å²) in [6, 6.07) is 7.05. The molecule has 3 heteroatoms. The van der Waals surface area contributed by atoms with Crippen molar-refractivity contribution >= 4 is 0 Å². The Morgan fingerprint density at radius 2 is 1.85 bits per heavy atom. The van der Waals surface area contributed by atoms with Crippen LogP contribution in [0.3, 0.4) is 0 Å². The van der Waals surface area contributed by atoms with E-state index in [1.54, 1.807) is 6.07 Å². The van der Waals surface area contributed by atoms with Crippen LogP contribution in [0.4, 0.5) is 4.39 Å². The van der Waals surface area contributed by atoms with E-state index in [-0.39, 0.29) is 17.8 Å². The fourth-order valence-electron chi connectivity index (χ4n) is 3.01. The van der Waals surface area contributed by atoms with E-state index in [1.807, 2.05) is 26.2 Å². The number of rotatable bonds is 7. The summed E-state index contributed by atoms with van der Waals surface area (Å²) in [5, 5.41) is 0. The van der Waals surface area contributed by atoms with Crippen LogP contribution < -0.4 is 5.73 Å². The van der Waals surface area contributed by atoms with Crippen molar-refractivity contribution in [3.63, 3.8) is 0 Å². The van der Waals surface area contributed by atoms with Gasteiger partial charge in [0.05, 0.1) is 5.54 Å². The zero-order valence-corrected chi connectivity index (χ0v) is 13.5. The lowest BCUT2D eigenvalue weighted by Crippen LogP contribution is -2.57. The van der Waals surface area contributed by atoms with E-state index in [9.17, 15) is 4.39 Å². The molecule has 0 aromatic heterocycles. The topological polar surface area (TPSA) is 29.3 Å². The van der Waals surface area contributed by atoms with Crippen LogP contribution in [-0.4, -0.2) is 25.0 Å². The first-order chi connectivity index (χ1) is 9.35. The Bertz CT molecular complexity index is 417. The maximum Gasteiger partial charge on any atom is 0.128 e. The average molecular weight is 280 g/mol. The molecule has 0 heterocycles. The smallest absolute Gasteiger partial charge is 0.128 e. The van der Waals surface area contributed by atoms with E-state index in [1.165, 1.54) is 6.07 Å². The molecule has 0 saturated carbocycles. The van der Waals surface area contributed by atoms with Crippen molar-refractivity contribution in [2.24, 2.45) is 11.7 Å². The van der Waals surface area contributed by atoms with Crippen molar-refractivity contribution in [1.29, 1.82) is 0 Å². The van der Waals surface area contributed by atoms with Crippen molar-refractivity contribution in [3.8, 4) is 0 Å². The Balaban J connectivity index is 3.28. The fraction of sp³-hybridized carbons (Fsp3) is 0.647. The third-order valence-corrected chi connectivity index (χ3v) is 4.30. The molecular weight excluding hydrogens is 251 g/mol. The van der Waals surface area contributed by atoms with E-state index >= 15 is 0 Å². The monoisotopic (exact) mass is 280 g/mol. The molecule has 0 spiro atoms.